The van der Waals surface area contributed by atoms with Gasteiger partial charge in [0, 0.05) is 31.5 Å². The van der Waals surface area contributed by atoms with Gasteiger partial charge in [0.05, 0.1) is 5.56 Å². The topological polar surface area (TPSA) is 54.3 Å². The van der Waals surface area contributed by atoms with Crippen LogP contribution >= 0.6 is 0 Å². The Morgan fingerprint density at radius 3 is 2.45 bits per heavy atom. The monoisotopic (exact) mass is 277 g/mol. The first-order valence-electron chi connectivity index (χ1n) is 7.03. The molecule has 1 fully saturated rings. The van der Waals surface area contributed by atoms with Crippen LogP contribution in [0, 0.1) is 13.8 Å². The zero-order chi connectivity index (χ0) is 15.0. The van der Waals surface area contributed by atoms with E-state index in [0.29, 0.717) is 11.6 Å². The molecule has 0 aromatic carbocycles. The quantitative estimate of drug-likeness (QED) is 0.909. The molecule has 20 heavy (non-hydrogen) atoms. The first-order chi connectivity index (χ1) is 9.32. The van der Waals surface area contributed by atoms with E-state index in [0.717, 1.165) is 11.4 Å². The molecule has 5 heteroatoms. The molecule has 1 aromatic heterocycles. The molecule has 0 bridgehead atoms. The summed E-state index contributed by atoms with van der Waals surface area (Å²) in [7, 11) is 3.37. The highest BCUT2D eigenvalue weighted by Gasteiger charge is 2.29. The van der Waals surface area contributed by atoms with Gasteiger partial charge in [-0.2, -0.15) is 0 Å². The maximum absolute atomic E-state index is 12.3. The number of hydrogen-bond donors (Lipinski definition) is 1. The normalized spacial score (nSPS) is 15.8. The Balaban J connectivity index is 2.14. The number of rotatable bonds is 4. The Bertz CT molecular complexity index is 542. The molecule has 2 amide bonds. The Morgan fingerprint density at radius 1 is 1.35 bits per heavy atom. The van der Waals surface area contributed by atoms with E-state index in [1.807, 2.05) is 19.9 Å². The second-order valence-corrected chi connectivity index (χ2v) is 5.81. The van der Waals surface area contributed by atoms with Gasteiger partial charge < -0.3 is 14.8 Å². The van der Waals surface area contributed by atoms with Gasteiger partial charge in [-0.15, -0.1) is 0 Å². The molecule has 5 nitrogen and oxygen atoms in total. The third-order valence-electron chi connectivity index (χ3n) is 3.80. The van der Waals surface area contributed by atoms with Gasteiger partial charge >= 0.3 is 0 Å². The van der Waals surface area contributed by atoms with E-state index in [-0.39, 0.29) is 11.8 Å². The number of carbonyl (C=O) groups excluding carboxylic acids is 2. The molecule has 1 atom stereocenters. The lowest BCUT2D eigenvalue weighted by molar-refractivity contribution is -0.130. The van der Waals surface area contributed by atoms with Crippen molar-refractivity contribution < 1.29 is 9.59 Å². The van der Waals surface area contributed by atoms with Crippen LogP contribution in [-0.2, 0) is 4.79 Å². The molecule has 0 aliphatic heterocycles. The lowest BCUT2D eigenvalue weighted by Gasteiger charge is -2.18. The number of likely N-dealkylation sites (N-methyl/N-ethyl adjacent to an activating group) is 1. The summed E-state index contributed by atoms with van der Waals surface area (Å²) in [6.07, 6.45) is 2.37. The van der Waals surface area contributed by atoms with Crippen molar-refractivity contribution in [3.8, 4) is 0 Å². The largest absolute Gasteiger partial charge is 0.347 e. The molecule has 1 heterocycles. The number of carbonyl (C=O) groups is 2. The van der Waals surface area contributed by atoms with Gasteiger partial charge in [0.2, 0.25) is 5.91 Å². The number of nitrogens with zero attached hydrogens (tertiary/aromatic N) is 2. The van der Waals surface area contributed by atoms with Crippen molar-refractivity contribution in [2.75, 3.05) is 14.1 Å². The standard InChI is InChI=1S/C15H23N3O2/c1-9-8-13(11(3)18(9)12-6-7-12)14(19)16-10(2)15(20)17(4)5/h8,10,12H,6-7H2,1-5H3,(H,16,19). The summed E-state index contributed by atoms with van der Waals surface area (Å²) in [6.45, 7) is 5.70. The van der Waals surface area contributed by atoms with Crippen LogP contribution in [0.2, 0.25) is 0 Å². The van der Waals surface area contributed by atoms with E-state index in [9.17, 15) is 9.59 Å². The van der Waals surface area contributed by atoms with Crippen LogP contribution in [0.3, 0.4) is 0 Å². The van der Waals surface area contributed by atoms with Gasteiger partial charge in [0.1, 0.15) is 6.04 Å². The molecule has 110 valence electrons. The Kier molecular flexibility index (Phi) is 3.88. The fourth-order valence-corrected chi connectivity index (χ4v) is 2.63. The lowest BCUT2D eigenvalue weighted by atomic mass is 10.2. The minimum Gasteiger partial charge on any atom is -0.347 e. The first kappa shape index (κ1) is 14.6. The van der Waals surface area contributed by atoms with Gasteiger partial charge in [0.25, 0.3) is 5.91 Å². The van der Waals surface area contributed by atoms with Crippen LogP contribution in [0.25, 0.3) is 0 Å². The molecule has 0 saturated heterocycles. The predicted molar refractivity (Wildman–Crippen MR) is 77.8 cm³/mol. The highest BCUT2D eigenvalue weighted by molar-refractivity contribution is 5.98. The minimum absolute atomic E-state index is 0.102. The summed E-state index contributed by atoms with van der Waals surface area (Å²) in [6, 6.07) is 1.95. The molecule has 1 saturated carbocycles. The van der Waals surface area contributed by atoms with Crippen LogP contribution in [0.15, 0.2) is 6.07 Å². The molecule has 1 aromatic rings. The van der Waals surface area contributed by atoms with E-state index >= 15 is 0 Å². The van der Waals surface area contributed by atoms with Crippen molar-refractivity contribution in [2.24, 2.45) is 0 Å². The maximum atomic E-state index is 12.3. The third-order valence-corrected chi connectivity index (χ3v) is 3.80. The van der Waals surface area contributed by atoms with Gasteiger partial charge in [0.15, 0.2) is 0 Å². The summed E-state index contributed by atoms with van der Waals surface area (Å²) in [5.41, 5.74) is 2.78. The minimum atomic E-state index is -0.513. The zero-order valence-corrected chi connectivity index (χ0v) is 12.9. The van der Waals surface area contributed by atoms with Crippen LogP contribution < -0.4 is 5.32 Å². The highest BCUT2D eigenvalue weighted by atomic mass is 16.2. The van der Waals surface area contributed by atoms with Crippen LogP contribution in [0.5, 0.6) is 0 Å². The van der Waals surface area contributed by atoms with E-state index in [2.05, 4.69) is 9.88 Å². The van der Waals surface area contributed by atoms with E-state index in [4.69, 9.17) is 0 Å². The summed E-state index contributed by atoms with van der Waals surface area (Å²) < 4.78 is 2.23. The summed E-state index contributed by atoms with van der Waals surface area (Å²) in [5.74, 6) is -0.276. The molecular formula is C15H23N3O2. The molecule has 0 radical (unpaired) electrons. The number of aryl methyl sites for hydroxylation is 1. The van der Waals surface area contributed by atoms with E-state index in [1.54, 1.807) is 21.0 Å². The van der Waals surface area contributed by atoms with Gasteiger partial charge in [-0.05, 0) is 39.7 Å². The fraction of sp³-hybridized carbons (Fsp3) is 0.600. The molecule has 1 aliphatic carbocycles. The lowest BCUT2D eigenvalue weighted by Crippen LogP contribution is -2.44. The number of nitrogens with one attached hydrogen (secondary N) is 1. The second kappa shape index (κ2) is 5.31. The fourth-order valence-electron chi connectivity index (χ4n) is 2.63. The van der Waals surface area contributed by atoms with Crippen molar-refractivity contribution in [2.45, 2.75) is 45.7 Å². The second-order valence-electron chi connectivity index (χ2n) is 5.81. The Morgan fingerprint density at radius 2 is 1.95 bits per heavy atom. The zero-order valence-electron chi connectivity index (χ0n) is 12.9. The van der Waals surface area contributed by atoms with Crippen molar-refractivity contribution in [1.29, 1.82) is 0 Å². The summed E-state index contributed by atoms with van der Waals surface area (Å²) in [5, 5.41) is 2.77. The van der Waals surface area contributed by atoms with E-state index < -0.39 is 6.04 Å². The van der Waals surface area contributed by atoms with Gasteiger partial charge in [-0.3, -0.25) is 9.59 Å². The van der Waals surface area contributed by atoms with Crippen molar-refractivity contribution in [1.82, 2.24) is 14.8 Å². The molecule has 1 N–H and O–H groups in total. The number of hydrogen-bond acceptors (Lipinski definition) is 2. The Labute approximate surface area is 119 Å². The van der Waals surface area contributed by atoms with Crippen molar-refractivity contribution >= 4 is 11.8 Å². The van der Waals surface area contributed by atoms with Crippen LogP contribution in [-0.4, -0.2) is 41.4 Å². The highest BCUT2D eigenvalue weighted by Crippen LogP contribution is 2.38. The van der Waals surface area contributed by atoms with Gasteiger partial charge in [-0.25, -0.2) is 0 Å². The third kappa shape index (κ3) is 2.71. The number of aromatic nitrogens is 1. The molecule has 1 aliphatic rings. The molecule has 0 spiro atoms. The van der Waals surface area contributed by atoms with Crippen LogP contribution in [0.4, 0.5) is 0 Å². The van der Waals surface area contributed by atoms with Gasteiger partial charge in [-0.1, -0.05) is 0 Å². The van der Waals surface area contributed by atoms with Crippen LogP contribution in [0.1, 0.15) is 47.6 Å². The predicted octanol–water partition coefficient (Wildman–Crippen LogP) is 1.65. The SMILES string of the molecule is Cc1cc(C(=O)NC(C)C(=O)N(C)C)c(C)n1C1CC1. The first-order valence-corrected chi connectivity index (χ1v) is 7.03. The summed E-state index contributed by atoms with van der Waals surface area (Å²) in [4.78, 5) is 25.6. The van der Waals surface area contributed by atoms with Crippen molar-refractivity contribution in [3.05, 3.63) is 23.0 Å². The molecule has 2 rings (SSSR count). The molecular weight excluding hydrogens is 254 g/mol. The average molecular weight is 277 g/mol. The Hall–Kier alpha value is -1.78. The molecule has 1 unspecified atom stereocenters. The van der Waals surface area contributed by atoms with E-state index in [1.165, 1.54) is 17.7 Å². The summed E-state index contributed by atoms with van der Waals surface area (Å²) >= 11 is 0. The number of amides is 2. The average Bonchev–Trinajstić information content (AvgIpc) is 3.14. The smallest absolute Gasteiger partial charge is 0.253 e. The maximum Gasteiger partial charge on any atom is 0.253 e. The van der Waals surface area contributed by atoms with Crippen molar-refractivity contribution in [3.63, 3.8) is 0 Å².